The Balaban J connectivity index is 1.34. The van der Waals surface area contributed by atoms with Crippen LogP contribution in [0.25, 0.3) is 10.9 Å². The second kappa shape index (κ2) is 8.71. The van der Waals surface area contributed by atoms with Gasteiger partial charge in [0.15, 0.2) is 0 Å². The molecular weight excluding hydrogens is 384 g/mol. The van der Waals surface area contributed by atoms with Crippen LogP contribution >= 0.6 is 11.3 Å². The minimum absolute atomic E-state index is 0.0659. The van der Waals surface area contributed by atoms with Crippen LogP contribution in [0.2, 0.25) is 0 Å². The van der Waals surface area contributed by atoms with Gasteiger partial charge in [0.2, 0.25) is 5.91 Å². The lowest BCUT2D eigenvalue weighted by Crippen LogP contribution is -2.48. The van der Waals surface area contributed by atoms with Crippen LogP contribution in [0.1, 0.15) is 27.0 Å². The summed E-state index contributed by atoms with van der Waals surface area (Å²) in [5.74, 6) is 0.0133. The summed E-state index contributed by atoms with van der Waals surface area (Å²) in [6.45, 7) is 5.94. The Kier molecular flexibility index (Phi) is 5.87. The van der Waals surface area contributed by atoms with Crippen molar-refractivity contribution < 1.29 is 9.59 Å². The maximum atomic E-state index is 12.8. The number of thiophene rings is 1. The predicted molar refractivity (Wildman–Crippen MR) is 115 cm³/mol. The van der Waals surface area contributed by atoms with Gasteiger partial charge in [-0.3, -0.25) is 19.5 Å². The third-order valence-electron chi connectivity index (χ3n) is 5.15. The van der Waals surface area contributed by atoms with E-state index in [4.69, 9.17) is 0 Å². The number of amides is 2. The fraction of sp³-hybridized carbons (Fsp3) is 0.318. The molecule has 2 amide bonds. The predicted octanol–water partition coefficient (Wildman–Crippen LogP) is 2.89. The van der Waals surface area contributed by atoms with Crippen molar-refractivity contribution in [1.29, 1.82) is 0 Å². The molecule has 150 valence electrons. The van der Waals surface area contributed by atoms with Crippen LogP contribution in [-0.4, -0.2) is 52.8 Å². The van der Waals surface area contributed by atoms with Crippen molar-refractivity contribution in [3.8, 4) is 0 Å². The Hall–Kier alpha value is -2.77. The SMILES string of the molecule is CC(=O)NCc1ccc(C(=O)N2CCN(Cc3cccc4cccnc34)CC2)s1. The van der Waals surface area contributed by atoms with Crippen molar-refractivity contribution >= 4 is 34.1 Å². The highest BCUT2D eigenvalue weighted by molar-refractivity contribution is 7.14. The summed E-state index contributed by atoms with van der Waals surface area (Å²) in [5.41, 5.74) is 2.28. The number of fused-ring (bicyclic) bond motifs is 1. The van der Waals surface area contributed by atoms with Gasteiger partial charge in [-0.25, -0.2) is 0 Å². The molecule has 2 aromatic heterocycles. The molecule has 0 atom stereocenters. The van der Waals surface area contributed by atoms with Crippen molar-refractivity contribution in [2.75, 3.05) is 26.2 Å². The molecule has 0 saturated carbocycles. The van der Waals surface area contributed by atoms with Gasteiger partial charge in [0.05, 0.1) is 16.9 Å². The molecule has 7 heteroatoms. The number of pyridine rings is 1. The first-order chi connectivity index (χ1) is 14.1. The molecule has 1 N–H and O–H groups in total. The van der Waals surface area contributed by atoms with E-state index in [1.807, 2.05) is 29.3 Å². The van der Waals surface area contributed by atoms with Crippen LogP contribution in [0.4, 0.5) is 0 Å². The normalized spacial score (nSPS) is 14.9. The molecule has 1 aromatic carbocycles. The summed E-state index contributed by atoms with van der Waals surface area (Å²) in [7, 11) is 0. The van der Waals surface area contributed by atoms with E-state index in [-0.39, 0.29) is 11.8 Å². The number of carbonyl (C=O) groups is 2. The third-order valence-corrected chi connectivity index (χ3v) is 6.23. The number of hydrogen-bond acceptors (Lipinski definition) is 5. The topological polar surface area (TPSA) is 65.5 Å². The van der Waals surface area contributed by atoms with E-state index in [0.29, 0.717) is 6.54 Å². The monoisotopic (exact) mass is 408 g/mol. The van der Waals surface area contributed by atoms with Gasteiger partial charge < -0.3 is 10.2 Å². The van der Waals surface area contributed by atoms with Crippen molar-refractivity contribution in [3.05, 3.63) is 64.0 Å². The molecule has 6 nitrogen and oxygen atoms in total. The maximum absolute atomic E-state index is 12.8. The standard InChI is InChI=1S/C22H24N4O2S/c1-16(27)24-14-19-7-8-20(29-19)22(28)26-12-10-25(11-13-26)15-18-5-2-4-17-6-3-9-23-21(17)18/h2-9H,10-15H2,1H3,(H,24,27). The van der Waals surface area contributed by atoms with Crippen molar-refractivity contribution in [3.63, 3.8) is 0 Å². The van der Waals surface area contributed by atoms with E-state index in [9.17, 15) is 9.59 Å². The molecule has 0 spiro atoms. The molecule has 1 fully saturated rings. The minimum Gasteiger partial charge on any atom is -0.351 e. The smallest absolute Gasteiger partial charge is 0.264 e. The van der Waals surface area contributed by atoms with Gasteiger partial charge in [0.1, 0.15) is 0 Å². The number of carbonyl (C=O) groups excluding carboxylic acids is 2. The number of piperazine rings is 1. The lowest BCUT2D eigenvalue weighted by Gasteiger charge is -2.34. The van der Waals surface area contributed by atoms with Gasteiger partial charge in [-0.15, -0.1) is 11.3 Å². The molecule has 1 saturated heterocycles. The lowest BCUT2D eigenvalue weighted by molar-refractivity contribution is -0.119. The molecule has 29 heavy (non-hydrogen) atoms. The van der Waals surface area contributed by atoms with Crippen molar-refractivity contribution in [2.45, 2.75) is 20.0 Å². The number of nitrogens with zero attached hydrogens (tertiary/aromatic N) is 3. The Morgan fingerprint density at radius 1 is 1.07 bits per heavy atom. The van der Waals surface area contributed by atoms with E-state index >= 15 is 0 Å². The van der Waals surface area contributed by atoms with Gasteiger partial charge >= 0.3 is 0 Å². The van der Waals surface area contributed by atoms with Crippen LogP contribution < -0.4 is 5.32 Å². The molecule has 1 aliphatic rings. The number of benzene rings is 1. The van der Waals surface area contributed by atoms with Gasteiger partial charge in [-0.2, -0.15) is 0 Å². The van der Waals surface area contributed by atoms with E-state index in [1.165, 1.54) is 23.8 Å². The second-order valence-electron chi connectivity index (χ2n) is 7.24. The van der Waals surface area contributed by atoms with Crippen LogP contribution in [0.15, 0.2) is 48.7 Å². The quantitative estimate of drug-likeness (QED) is 0.705. The Bertz CT molecular complexity index is 1020. The number of para-hydroxylation sites is 1. The molecule has 0 radical (unpaired) electrons. The number of hydrogen-bond donors (Lipinski definition) is 1. The van der Waals surface area contributed by atoms with E-state index in [1.54, 1.807) is 0 Å². The van der Waals surface area contributed by atoms with Gasteiger partial charge in [0.25, 0.3) is 5.91 Å². The first-order valence-corrected chi connectivity index (χ1v) is 10.6. The van der Waals surface area contributed by atoms with Crippen LogP contribution in [0.5, 0.6) is 0 Å². The highest BCUT2D eigenvalue weighted by Crippen LogP contribution is 2.21. The zero-order chi connectivity index (χ0) is 20.2. The summed E-state index contributed by atoms with van der Waals surface area (Å²) in [5, 5.41) is 3.93. The second-order valence-corrected chi connectivity index (χ2v) is 8.40. The molecule has 1 aliphatic heterocycles. The molecule has 0 bridgehead atoms. The van der Waals surface area contributed by atoms with E-state index < -0.39 is 0 Å². The molecule has 0 aliphatic carbocycles. The van der Waals surface area contributed by atoms with E-state index in [0.717, 1.165) is 53.4 Å². The molecule has 0 unspecified atom stereocenters. The molecule has 4 rings (SSSR count). The fourth-order valence-electron chi connectivity index (χ4n) is 3.60. The van der Waals surface area contributed by atoms with Crippen LogP contribution in [0.3, 0.4) is 0 Å². The van der Waals surface area contributed by atoms with Gasteiger partial charge in [-0.1, -0.05) is 24.3 Å². The largest absolute Gasteiger partial charge is 0.351 e. The summed E-state index contributed by atoms with van der Waals surface area (Å²) in [6, 6.07) is 14.1. The zero-order valence-electron chi connectivity index (χ0n) is 16.4. The molecule has 3 heterocycles. The highest BCUT2D eigenvalue weighted by Gasteiger charge is 2.23. The maximum Gasteiger partial charge on any atom is 0.264 e. The first kappa shape index (κ1) is 19.5. The van der Waals surface area contributed by atoms with Crippen molar-refractivity contribution in [2.24, 2.45) is 0 Å². The third kappa shape index (κ3) is 4.63. The fourth-order valence-corrected chi connectivity index (χ4v) is 4.52. The summed E-state index contributed by atoms with van der Waals surface area (Å²) in [4.78, 5) is 34.4. The van der Waals surface area contributed by atoms with Crippen molar-refractivity contribution in [1.82, 2.24) is 20.1 Å². The van der Waals surface area contributed by atoms with Gasteiger partial charge in [-0.05, 0) is 23.8 Å². The molecular formula is C22H24N4O2S. The minimum atomic E-state index is -0.0659. The average molecular weight is 409 g/mol. The Morgan fingerprint density at radius 2 is 1.86 bits per heavy atom. The summed E-state index contributed by atoms with van der Waals surface area (Å²) >= 11 is 1.45. The first-order valence-electron chi connectivity index (χ1n) is 9.77. The molecule has 3 aromatic rings. The zero-order valence-corrected chi connectivity index (χ0v) is 17.2. The lowest BCUT2D eigenvalue weighted by atomic mass is 10.1. The Morgan fingerprint density at radius 3 is 2.66 bits per heavy atom. The van der Waals surface area contributed by atoms with Crippen LogP contribution in [-0.2, 0) is 17.9 Å². The Labute approximate surface area is 174 Å². The number of nitrogens with one attached hydrogen (secondary N) is 1. The summed E-state index contributed by atoms with van der Waals surface area (Å²) < 4.78 is 0. The number of aromatic nitrogens is 1. The highest BCUT2D eigenvalue weighted by atomic mass is 32.1. The van der Waals surface area contributed by atoms with E-state index in [2.05, 4.69) is 39.5 Å². The summed E-state index contributed by atoms with van der Waals surface area (Å²) in [6.07, 6.45) is 1.84. The average Bonchev–Trinajstić information content (AvgIpc) is 3.22. The van der Waals surface area contributed by atoms with Crippen LogP contribution in [0, 0.1) is 0 Å². The van der Waals surface area contributed by atoms with Gasteiger partial charge in [0, 0.05) is 56.1 Å². The number of rotatable bonds is 5.